The van der Waals surface area contributed by atoms with Crippen LogP contribution in [-0.2, 0) is 19.1 Å². The van der Waals surface area contributed by atoms with E-state index in [1.165, 1.54) is 24.3 Å². The molecule has 0 aliphatic carbocycles. The number of rotatable bonds is 9. The van der Waals surface area contributed by atoms with E-state index in [0.29, 0.717) is 0 Å². The number of benzene rings is 1. The zero-order valence-electron chi connectivity index (χ0n) is 14.9. The molecule has 9 heteroatoms. The van der Waals surface area contributed by atoms with Crippen molar-refractivity contribution < 1.29 is 28.8 Å². The molecule has 1 N–H and O–H groups in total. The van der Waals surface area contributed by atoms with Gasteiger partial charge in [0.05, 0.1) is 24.1 Å². The third-order valence-electron chi connectivity index (χ3n) is 3.49. The molecule has 142 valence electrons. The summed E-state index contributed by atoms with van der Waals surface area (Å²) < 4.78 is 9.84. The minimum Gasteiger partial charge on any atom is -0.466 e. The lowest BCUT2D eigenvalue weighted by Gasteiger charge is -2.20. The predicted molar refractivity (Wildman–Crippen MR) is 91.4 cm³/mol. The summed E-state index contributed by atoms with van der Waals surface area (Å²) >= 11 is 0. The standard InChI is InChI=1S/C17H22N2O7/c1-4-25-16(21)11(3)10-14(17(22)26-5-2)18-15(20)12-6-8-13(9-7-12)19(23)24/h6-9,11,14H,4-5,10H2,1-3H3,(H,18,20)/t11-,14-/m0/s1. The first-order valence-corrected chi connectivity index (χ1v) is 8.18. The third kappa shape index (κ3) is 6.15. The van der Waals surface area contributed by atoms with Crippen LogP contribution in [0.3, 0.4) is 0 Å². The van der Waals surface area contributed by atoms with Gasteiger partial charge in [-0.05, 0) is 32.4 Å². The predicted octanol–water partition coefficient (Wildman–Crippen LogP) is 1.85. The number of carbonyl (C=O) groups excluding carboxylic acids is 3. The molecule has 0 radical (unpaired) electrons. The van der Waals surface area contributed by atoms with Gasteiger partial charge in [0, 0.05) is 17.7 Å². The van der Waals surface area contributed by atoms with Gasteiger partial charge < -0.3 is 14.8 Å². The van der Waals surface area contributed by atoms with E-state index in [2.05, 4.69) is 5.32 Å². The smallest absolute Gasteiger partial charge is 0.328 e. The number of non-ortho nitro benzene ring substituents is 1. The van der Waals surface area contributed by atoms with Crippen LogP contribution in [0.25, 0.3) is 0 Å². The highest BCUT2D eigenvalue weighted by atomic mass is 16.6. The zero-order valence-corrected chi connectivity index (χ0v) is 14.9. The molecule has 1 amide bonds. The van der Waals surface area contributed by atoms with E-state index < -0.39 is 34.7 Å². The van der Waals surface area contributed by atoms with Gasteiger partial charge >= 0.3 is 11.9 Å². The molecule has 0 unspecified atom stereocenters. The molecule has 9 nitrogen and oxygen atoms in total. The molecule has 0 saturated heterocycles. The Bertz CT molecular complexity index is 658. The number of esters is 2. The fourth-order valence-corrected chi connectivity index (χ4v) is 2.17. The molecule has 0 fully saturated rings. The van der Waals surface area contributed by atoms with Crippen LogP contribution in [0, 0.1) is 16.0 Å². The van der Waals surface area contributed by atoms with Gasteiger partial charge in [-0.25, -0.2) is 4.79 Å². The Labute approximate surface area is 150 Å². The topological polar surface area (TPSA) is 125 Å². The van der Waals surface area contributed by atoms with Crippen LogP contribution >= 0.6 is 0 Å². The summed E-state index contributed by atoms with van der Waals surface area (Å²) in [7, 11) is 0. The lowest BCUT2D eigenvalue weighted by Crippen LogP contribution is -2.43. The van der Waals surface area contributed by atoms with E-state index in [9.17, 15) is 24.5 Å². The van der Waals surface area contributed by atoms with Crippen molar-refractivity contribution in [1.29, 1.82) is 0 Å². The van der Waals surface area contributed by atoms with Gasteiger partial charge in [0.2, 0.25) is 0 Å². The Morgan fingerprint density at radius 2 is 1.62 bits per heavy atom. The van der Waals surface area contributed by atoms with Crippen LogP contribution < -0.4 is 5.32 Å². The molecular formula is C17H22N2O7. The van der Waals surface area contributed by atoms with Crippen molar-refractivity contribution in [2.75, 3.05) is 13.2 Å². The molecule has 0 bridgehead atoms. The fourth-order valence-electron chi connectivity index (χ4n) is 2.17. The summed E-state index contributed by atoms with van der Waals surface area (Å²) in [6.07, 6.45) is 0.0103. The Hall–Kier alpha value is -2.97. The van der Waals surface area contributed by atoms with Gasteiger partial charge in [0.15, 0.2) is 0 Å². The van der Waals surface area contributed by atoms with E-state index in [4.69, 9.17) is 9.47 Å². The molecule has 0 aromatic heterocycles. The molecule has 0 saturated carbocycles. The molecule has 0 aliphatic rings. The van der Waals surface area contributed by atoms with Crippen molar-refractivity contribution in [2.45, 2.75) is 33.2 Å². The van der Waals surface area contributed by atoms with Crippen LogP contribution in [0.5, 0.6) is 0 Å². The molecule has 0 aliphatic heterocycles. The number of nitro benzene ring substituents is 1. The minimum absolute atomic E-state index is 0.0103. The van der Waals surface area contributed by atoms with E-state index in [-0.39, 0.29) is 30.9 Å². The molecule has 1 aromatic rings. The Morgan fingerprint density at radius 3 is 2.12 bits per heavy atom. The molecule has 2 atom stereocenters. The highest BCUT2D eigenvalue weighted by Gasteiger charge is 2.28. The number of nitro groups is 1. The lowest BCUT2D eigenvalue weighted by molar-refractivity contribution is -0.384. The van der Waals surface area contributed by atoms with Crippen molar-refractivity contribution in [3.63, 3.8) is 0 Å². The van der Waals surface area contributed by atoms with Gasteiger partial charge in [-0.15, -0.1) is 0 Å². The zero-order chi connectivity index (χ0) is 19.7. The second-order valence-corrected chi connectivity index (χ2v) is 5.47. The van der Waals surface area contributed by atoms with E-state index in [1.54, 1.807) is 20.8 Å². The van der Waals surface area contributed by atoms with Gasteiger partial charge in [-0.2, -0.15) is 0 Å². The normalized spacial score (nSPS) is 12.6. The number of hydrogen-bond acceptors (Lipinski definition) is 7. The highest BCUT2D eigenvalue weighted by Crippen LogP contribution is 2.14. The number of nitrogens with one attached hydrogen (secondary N) is 1. The van der Waals surface area contributed by atoms with Crippen LogP contribution in [0.2, 0.25) is 0 Å². The van der Waals surface area contributed by atoms with E-state index in [1.807, 2.05) is 0 Å². The number of ether oxygens (including phenoxy) is 2. The fraction of sp³-hybridized carbons (Fsp3) is 0.471. The van der Waals surface area contributed by atoms with Crippen LogP contribution in [0.15, 0.2) is 24.3 Å². The summed E-state index contributed by atoms with van der Waals surface area (Å²) in [5.41, 5.74) is -0.00638. The second kappa shape index (κ2) is 10.1. The molecular weight excluding hydrogens is 344 g/mol. The second-order valence-electron chi connectivity index (χ2n) is 5.47. The Kier molecular flexibility index (Phi) is 8.20. The number of nitrogens with zero attached hydrogens (tertiary/aromatic N) is 1. The monoisotopic (exact) mass is 366 g/mol. The SMILES string of the molecule is CCOC(=O)[C@H](C[C@H](C)C(=O)OCC)NC(=O)c1ccc([N+](=O)[O-])cc1. The summed E-state index contributed by atoms with van der Waals surface area (Å²) in [6, 6.07) is 3.90. The van der Waals surface area contributed by atoms with Crippen LogP contribution in [0.1, 0.15) is 37.6 Å². The largest absolute Gasteiger partial charge is 0.466 e. The molecule has 1 rings (SSSR count). The average molecular weight is 366 g/mol. The van der Waals surface area contributed by atoms with Crippen molar-refractivity contribution >= 4 is 23.5 Å². The van der Waals surface area contributed by atoms with Gasteiger partial charge in [-0.1, -0.05) is 6.92 Å². The van der Waals surface area contributed by atoms with Crippen LogP contribution in [0.4, 0.5) is 5.69 Å². The van der Waals surface area contributed by atoms with Crippen molar-refractivity contribution in [1.82, 2.24) is 5.32 Å². The third-order valence-corrected chi connectivity index (χ3v) is 3.49. The van der Waals surface area contributed by atoms with Gasteiger partial charge in [0.1, 0.15) is 6.04 Å². The van der Waals surface area contributed by atoms with Crippen molar-refractivity contribution in [3.05, 3.63) is 39.9 Å². The van der Waals surface area contributed by atoms with Crippen LogP contribution in [-0.4, -0.2) is 42.0 Å². The average Bonchev–Trinajstić information content (AvgIpc) is 2.61. The van der Waals surface area contributed by atoms with Gasteiger partial charge in [0.25, 0.3) is 11.6 Å². The number of carbonyl (C=O) groups is 3. The first kappa shape index (κ1) is 21.1. The first-order valence-electron chi connectivity index (χ1n) is 8.18. The Balaban J connectivity index is 2.86. The maximum absolute atomic E-state index is 12.3. The number of amides is 1. The van der Waals surface area contributed by atoms with E-state index in [0.717, 1.165) is 0 Å². The van der Waals surface area contributed by atoms with E-state index >= 15 is 0 Å². The molecule has 26 heavy (non-hydrogen) atoms. The summed E-state index contributed by atoms with van der Waals surface area (Å²) in [4.78, 5) is 46.3. The van der Waals surface area contributed by atoms with Gasteiger partial charge in [-0.3, -0.25) is 19.7 Å². The lowest BCUT2D eigenvalue weighted by atomic mass is 10.0. The quantitative estimate of drug-likeness (QED) is 0.401. The minimum atomic E-state index is -1.04. The highest BCUT2D eigenvalue weighted by molar-refractivity contribution is 5.97. The molecule has 0 spiro atoms. The maximum Gasteiger partial charge on any atom is 0.328 e. The first-order chi connectivity index (χ1) is 12.3. The maximum atomic E-state index is 12.3. The number of hydrogen-bond donors (Lipinski definition) is 1. The van der Waals surface area contributed by atoms with Crippen molar-refractivity contribution in [2.24, 2.45) is 5.92 Å². The summed E-state index contributed by atoms with van der Waals surface area (Å²) in [5.74, 6) is -2.37. The molecule has 0 heterocycles. The molecule has 1 aromatic carbocycles. The summed E-state index contributed by atoms with van der Waals surface area (Å²) in [5, 5.41) is 13.2. The van der Waals surface area contributed by atoms with Crippen molar-refractivity contribution in [3.8, 4) is 0 Å². The summed E-state index contributed by atoms with van der Waals surface area (Å²) in [6.45, 7) is 5.22. The Morgan fingerprint density at radius 1 is 1.08 bits per heavy atom.